The van der Waals surface area contributed by atoms with Crippen LogP contribution in [0.1, 0.15) is 31.0 Å². The van der Waals surface area contributed by atoms with Crippen LogP contribution in [0.5, 0.6) is 0 Å². The molecule has 2 nitrogen and oxygen atoms in total. The number of fused-ring (bicyclic) bond motifs is 1. The zero-order valence-corrected chi connectivity index (χ0v) is 11.5. The van der Waals surface area contributed by atoms with Gasteiger partial charge in [-0.25, -0.2) is 0 Å². The van der Waals surface area contributed by atoms with Crippen LogP contribution in [0, 0.1) is 0 Å². The first-order valence-corrected chi connectivity index (χ1v) is 6.37. The van der Waals surface area contributed by atoms with Gasteiger partial charge >= 0.3 is 0 Å². The van der Waals surface area contributed by atoms with Gasteiger partial charge < -0.3 is 10.3 Å². The highest BCUT2D eigenvalue weighted by Crippen LogP contribution is 2.30. The van der Waals surface area contributed by atoms with Crippen LogP contribution in [0.15, 0.2) is 22.7 Å². The first-order valence-electron chi connectivity index (χ1n) is 5.58. The molecule has 0 saturated heterocycles. The van der Waals surface area contributed by atoms with Crippen LogP contribution in [0.25, 0.3) is 10.9 Å². The van der Waals surface area contributed by atoms with Crippen molar-refractivity contribution in [1.82, 2.24) is 10.3 Å². The lowest BCUT2D eigenvalue weighted by Crippen LogP contribution is -2.05. The molecule has 0 fully saturated rings. The zero-order valence-electron chi connectivity index (χ0n) is 9.89. The zero-order chi connectivity index (χ0) is 11.7. The predicted molar refractivity (Wildman–Crippen MR) is 72.9 cm³/mol. The van der Waals surface area contributed by atoms with Crippen molar-refractivity contribution in [1.29, 1.82) is 0 Å². The Hall–Kier alpha value is -0.800. The molecule has 2 aromatic rings. The Morgan fingerprint density at radius 2 is 2.12 bits per heavy atom. The molecule has 1 aromatic heterocycles. The normalized spacial score (nSPS) is 11.6. The molecule has 0 aliphatic carbocycles. The molecule has 1 aromatic carbocycles. The van der Waals surface area contributed by atoms with Crippen molar-refractivity contribution in [2.24, 2.45) is 0 Å². The average Bonchev–Trinajstić information content (AvgIpc) is 2.56. The van der Waals surface area contributed by atoms with Crippen LogP contribution in [0.4, 0.5) is 0 Å². The fourth-order valence-corrected chi connectivity index (χ4v) is 2.46. The number of aromatic nitrogens is 1. The van der Waals surface area contributed by atoms with E-state index in [4.69, 9.17) is 0 Å². The highest BCUT2D eigenvalue weighted by atomic mass is 79.9. The van der Waals surface area contributed by atoms with E-state index < -0.39 is 0 Å². The Morgan fingerprint density at radius 3 is 2.75 bits per heavy atom. The van der Waals surface area contributed by atoms with Gasteiger partial charge in [-0.1, -0.05) is 19.9 Å². The lowest BCUT2D eigenvalue weighted by atomic mass is 10.0. The van der Waals surface area contributed by atoms with Crippen LogP contribution >= 0.6 is 15.9 Å². The fraction of sp³-hybridized carbons (Fsp3) is 0.385. The molecule has 0 spiro atoms. The molecule has 2 N–H and O–H groups in total. The van der Waals surface area contributed by atoms with E-state index in [0.717, 1.165) is 6.54 Å². The van der Waals surface area contributed by atoms with Gasteiger partial charge in [0.05, 0.1) is 0 Å². The third-order valence-corrected chi connectivity index (χ3v) is 3.76. The topological polar surface area (TPSA) is 27.8 Å². The van der Waals surface area contributed by atoms with Gasteiger partial charge in [0, 0.05) is 27.6 Å². The van der Waals surface area contributed by atoms with Gasteiger partial charge in [0.25, 0.3) is 0 Å². The third kappa shape index (κ3) is 2.02. The van der Waals surface area contributed by atoms with Gasteiger partial charge in [-0.05, 0) is 46.6 Å². The molecule has 0 amide bonds. The monoisotopic (exact) mass is 280 g/mol. The minimum absolute atomic E-state index is 0.568. The molecule has 86 valence electrons. The number of H-pyrrole nitrogens is 1. The number of rotatable bonds is 3. The van der Waals surface area contributed by atoms with E-state index in [1.54, 1.807) is 0 Å². The summed E-state index contributed by atoms with van der Waals surface area (Å²) < 4.78 is 1.18. The largest absolute Gasteiger partial charge is 0.356 e. The summed E-state index contributed by atoms with van der Waals surface area (Å²) in [6, 6.07) is 6.62. The molecule has 0 unspecified atom stereocenters. The molecule has 1 heterocycles. The molecule has 0 atom stereocenters. The van der Waals surface area contributed by atoms with Crippen LogP contribution < -0.4 is 5.32 Å². The maximum atomic E-state index is 3.66. The molecule has 0 aliphatic rings. The first kappa shape index (κ1) is 11.7. The van der Waals surface area contributed by atoms with Gasteiger partial charge in [-0.2, -0.15) is 0 Å². The van der Waals surface area contributed by atoms with Crippen molar-refractivity contribution in [3.63, 3.8) is 0 Å². The molecule has 0 aliphatic heterocycles. The Balaban J connectivity index is 2.55. The van der Waals surface area contributed by atoms with Crippen LogP contribution in [-0.4, -0.2) is 12.0 Å². The van der Waals surface area contributed by atoms with E-state index in [2.05, 4.69) is 58.3 Å². The second-order valence-electron chi connectivity index (χ2n) is 4.41. The first-order chi connectivity index (χ1) is 7.63. The summed E-state index contributed by atoms with van der Waals surface area (Å²) in [6.45, 7) is 5.29. The number of halogens is 1. The summed E-state index contributed by atoms with van der Waals surface area (Å²) in [5.41, 5.74) is 3.78. The standard InChI is InChI=1S/C13H17BrN2/c1-8(2)9-4-5-11-10(6-9)13(14)12(16-11)7-15-3/h4-6,8,15-16H,7H2,1-3H3. The van der Waals surface area contributed by atoms with E-state index in [0.29, 0.717) is 5.92 Å². The van der Waals surface area contributed by atoms with E-state index >= 15 is 0 Å². The van der Waals surface area contributed by atoms with Gasteiger partial charge in [0.2, 0.25) is 0 Å². The number of aromatic amines is 1. The van der Waals surface area contributed by atoms with Gasteiger partial charge in [-0.15, -0.1) is 0 Å². The molecule has 3 heteroatoms. The van der Waals surface area contributed by atoms with Crippen molar-refractivity contribution in [3.8, 4) is 0 Å². The summed E-state index contributed by atoms with van der Waals surface area (Å²) >= 11 is 3.66. The predicted octanol–water partition coefficient (Wildman–Crippen LogP) is 3.77. The molecule has 16 heavy (non-hydrogen) atoms. The third-order valence-electron chi connectivity index (χ3n) is 2.85. The Morgan fingerprint density at radius 1 is 1.38 bits per heavy atom. The van der Waals surface area contributed by atoms with Crippen LogP contribution in [0.3, 0.4) is 0 Å². The molecular weight excluding hydrogens is 264 g/mol. The average molecular weight is 281 g/mol. The SMILES string of the molecule is CNCc1[nH]c2ccc(C(C)C)cc2c1Br. The van der Waals surface area contributed by atoms with Crippen molar-refractivity contribution in [2.75, 3.05) is 7.05 Å². The van der Waals surface area contributed by atoms with Crippen molar-refractivity contribution in [2.45, 2.75) is 26.3 Å². The Labute approximate surface area is 105 Å². The second kappa shape index (κ2) is 4.60. The van der Waals surface area contributed by atoms with Crippen LogP contribution in [0.2, 0.25) is 0 Å². The molecule has 0 saturated carbocycles. The number of nitrogens with one attached hydrogen (secondary N) is 2. The van der Waals surface area contributed by atoms with E-state index in [1.165, 1.54) is 26.6 Å². The summed E-state index contributed by atoms with van der Waals surface area (Å²) in [5.74, 6) is 0.568. The smallest absolute Gasteiger partial charge is 0.0474 e. The number of benzene rings is 1. The summed E-state index contributed by atoms with van der Waals surface area (Å²) in [5, 5.41) is 4.44. The van der Waals surface area contributed by atoms with E-state index in [1.807, 2.05) is 7.05 Å². The highest BCUT2D eigenvalue weighted by molar-refractivity contribution is 9.10. The Bertz CT molecular complexity index is 500. The minimum Gasteiger partial charge on any atom is -0.356 e. The summed E-state index contributed by atoms with van der Waals surface area (Å²) in [6.07, 6.45) is 0. The van der Waals surface area contributed by atoms with E-state index in [9.17, 15) is 0 Å². The molecule has 0 bridgehead atoms. The second-order valence-corrected chi connectivity index (χ2v) is 5.20. The van der Waals surface area contributed by atoms with Gasteiger partial charge in [0.15, 0.2) is 0 Å². The fourth-order valence-electron chi connectivity index (χ4n) is 1.89. The number of hydrogen-bond donors (Lipinski definition) is 2. The maximum absolute atomic E-state index is 3.66. The van der Waals surface area contributed by atoms with Gasteiger partial charge in [0.1, 0.15) is 0 Å². The van der Waals surface area contributed by atoms with Crippen molar-refractivity contribution >= 4 is 26.8 Å². The van der Waals surface area contributed by atoms with Crippen molar-refractivity contribution < 1.29 is 0 Å². The number of hydrogen-bond acceptors (Lipinski definition) is 1. The summed E-state index contributed by atoms with van der Waals surface area (Å²) in [7, 11) is 1.96. The van der Waals surface area contributed by atoms with Crippen molar-refractivity contribution in [3.05, 3.63) is 33.9 Å². The van der Waals surface area contributed by atoms with Gasteiger partial charge in [-0.3, -0.25) is 0 Å². The molecule has 0 radical (unpaired) electrons. The van der Waals surface area contributed by atoms with E-state index in [-0.39, 0.29) is 0 Å². The Kier molecular flexibility index (Phi) is 3.36. The highest BCUT2D eigenvalue weighted by Gasteiger charge is 2.09. The minimum atomic E-state index is 0.568. The van der Waals surface area contributed by atoms with Crippen LogP contribution in [-0.2, 0) is 6.54 Å². The molecular formula is C13H17BrN2. The summed E-state index contributed by atoms with van der Waals surface area (Å²) in [4.78, 5) is 3.42. The maximum Gasteiger partial charge on any atom is 0.0474 e. The lowest BCUT2D eigenvalue weighted by Gasteiger charge is -2.04. The lowest BCUT2D eigenvalue weighted by molar-refractivity contribution is 0.796. The molecule has 2 rings (SSSR count). The quantitative estimate of drug-likeness (QED) is 0.880.